The molecule has 0 unspecified atom stereocenters. The van der Waals surface area contributed by atoms with Gasteiger partial charge in [0.2, 0.25) is 0 Å². The normalized spacial score (nSPS) is 9.00. The zero-order chi connectivity index (χ0) is 8.41. The lowest BCUT2D eigenvalue weighted by Gasteiger charge is -2.05. The Labute approximate surface area is 68.6 Å². The molecular formula is C8H23NSi. The van der Waals surface area contributed by atoms with E-state index in [0.29, 0.717) is 9.52 Å². The molecule has 0 atom stereocenters. The Kier molecular flexibility index (Phi) is 15.3. The molecule has 64 valence electrons. The first-order valence-corrected chi connectivity index (χ1v) is 7.16. The second-order valence-corrected chi connectivity index (χ2v) is 4.28. The Bertz CT molecular complexity index is 46.5. The van der Waals surface area contributed by atoms with Gasteiger partial charge in [-0.3, -0.25) is 0 Å². The molecular weight excluding hydrogens is 138 g/mol. The number of hydrogen-bond donors (Lipinski definition) is 0. The summed E-state index contributed by atoms with van der Waals surface area (Å²) in [7, 11) is 4.63. The van der Waals surface area contributed by atoms with Crippen LogP contribution >= 0.6 is 0 Å². The van der Waals surface area contributed by atoms with Crippen molar-refractivity contribution in [2.75, 3.05) is 20.6 Å². The van der Waals surface area contributed by atoms with E-state index >= 15 is 0 Å². The molecule has 0 N–H and O–H groups in total. The fraction of sp³-hybridized carbons (Fsp3) is 1.00. The van der Waals surface area contributed by atoms with Gasteiger partial charge >= 0.3 is 0 Å². The van der Waals surface area contributed by atoms with Gasteiger partial charge in [-0.05, 0) is 27.1 Å². The smallest absolute Gasteiger partial charge is 0.0135 e. The van der Waals surface area contributed by atoms with Gasteiger partial charge in [0.15, 0.2) is 0 Å². The van der Waals surface area contributed by atoms with Gasteiger partial charge in [-0.25, -0.2) is 0 Å². The van der Waals surface area contributed by atoms with E-state index in [1.807, 2.05) is 0 Å². The second-order valence-electron chi connectivity index (χ2n) is 2.86. The first-order valence-electron chi connectivity index (χ1n) is 4.33. The van der Waals surface area contributed by atoms with Crippen molar-refractivity contribution in [1.82, 2.24) is 4.90 Å². The highest BCUT2D eigenvalue weighted by molar-refractivity contribution is 6.31. The van der Waals surface area contributed by atoms with Crippen molar-refractivity contribution >= 4 is 9.52 Å². The molecule has 2 heteroatoms. The third-order valence-electron chi connectivity index (χ3n) is 0.959. The summed E-state index contributed by atoms with van der Waals surface area (Å²) in [6, 6.07) is 0. The van der Waals surface area contributed by atoms with Crippen molar-refractivity contribution in [3.63, 3.8) is 0 Å². The molecule has 0 rings (SSSR count). The van der Waals surface area contributed by atoms with Crippen molar-refractivity contribution in [2.24, 2.45) is 0 Å². The minimum Gasteiger partial charge on any atom is -0.309 e. The highest BCUT2D eigenvalue weighted by atomic mass is 28.2. The summed E-state index contributed by atoms with van der Waals surface area (Å²) in [5.74, 6) is 0. The summed E-state index contributed by atoms with van der Waals surface area (Å²) in [6.07, 6.45) is 2.63. The van der Waals surface area contributed by atoms with Crippen LogP contribution in [-0.4, -0.2) is 35.1 Å². The zero-order valence-electron chi connectivity index (χ0n) is 8.28. The highest BCUT2D eigenvalue weighted by Gasteiger charge is 1.83. The van der Waals surface area contributed by atoms with E-state index in [1.54, 1.807) is 0 Å². The van der Waals surface area contributed by atoms with Crippen LogP contribution in [0, 0.1) is 0 Å². The van der Waals surface area contributed by atoms with Crippen LogP contribution in [0.1, 0.15) is 19.8 Å². The maximum absolute atomic E-state index is 2.26. The number of unbranched alkanes of at least 4 members (excludes halogenated alkanes) is 1. The maximum atomic E-state index is 2.26. The molecule has 0 spiro atoms. The van der Waals surface area contributed by atoms with Crippen LogP contribution in [0.5, 0.6) is 0 Å². The van der Waals surface area contributed by atoms with Gasteiger partial charge in [0.05, 0.1) is 0 Å². The maximum Gasteiger partial charge on any atom is 0.0135 e. The molecule has 0 amide bonds. The Morgan fingerprint density at radius 3 is 1.70 bits per heavy atom. The average molecular weight is 161 g/mol. The summed E-state index contributed by atoms with van der Waals surface area (Å²) in [5.41, 5.74) is 0. The zero-order valence-corrected chi connectivity index (χ0v) is 9.69. The highest BCUT2D eigenvalue weighted by Crippen LogP contribution is 1.86. The van der Waals surface area contributed by atoms with Gasteiger partial charge in [0, 0.05) is 9.52 Å². The van der Waals surface area contributed by atoms with E-state index in [9.17, 15) is 0 Å². The van der Waals surface area contributed by atoms with Crippen molar-refractivity contribution < 1.29 is 0 Å². The SMILES string of the molecule is CCCCN(C)C.C[SiH2]C. The molecule has 0 aromatic carbocycles. The summed E-state index contributed by atoms with van der Waals surface area (Å²) in [4.78, 5) is 2.21. The standard InChI is InChI=1S/C6H15N.C2H8Si/c1-4-5-6-7(2)3;1-3-2/h4-6H2,1-3H3;3H2,1-2H3. The monoisotopic (exact) mass is 161 g/mol. The van der Waals surface area contributed by atoms with E-state index in [1.165, 1.54) is 19.4 Å². The van der Waals surface area contributed by atoms with Gasteiger partial charge in [0.25, 0.3) is 0 Å². The Balaban J connectivity index is 0. The van der Waals surface area contributed by atoms with Crippen molar-refractivity contribution in [3.8, 4) is 0 Å². The van der Waals surface area contributed by atoms with Crippen LogP contribution in [0.15, 0.2) is 0 Å². The fourth-order valence-electron chi connectivity index (χ4n) is 0.474. The molecule has 0 radical (unpaired) electrons. The molecule has 10 heavy (non-hydrogen) atoms. The minimum absolute atomic E-state index is 0.417. The number of nitrogens with zero attached hydrogens (tertiary/aromatic N) is 1. The molecule has 0 aliphatic heterocycles. The van der Waals surface area contributed by atoms with Crippen molar-refractivity contribution in [3.05, 3.63) is 0 Å². The summed E-state index contributed by atoms with van der Waals surface area (Å²) < 4.78 is 0. The molecule has 1 nitrogen and oxygen atoms in total. The van der Waals surface area contributed by atoms with Crippen LogP contribution in [0.3, 0.4) is 0 Å². The van der Waals surface area contributed by atoms with Gasteiger partial charge in [-0.15, -0.1) is 0 Å². The summed E-state index contributed by atoms with van der Waals surface area (Å²) in [5, 5.41) is 0. The van der Waals surface area contributed by atoms with Crippen LogP contribution in [0.2, 0.25) is 13.1 Å². The number of hydrogen-bond acceptors (Lipinski definition) is 1. The van der Waals surface area contributed by atoms with Crippen LogP contribution < -0.4 is 0 Å². The molecule has 0 aromatic rings. The Morgan fingerprint density at radius 2 is 1.60 bits per heavy atom. The third-order valence-corrected chi connectivity index (χ3v) is 0.959. The molecule has 0 heterocycles. The largest absolute Gasteiger partial charge is 0.309 e. The predicted octanol–water partition coefficient (Wildman–Crippen LogP) is 1.60. The molecule has 0 aliphatic rings. The topological polar surface area (TPSA) is 3.24 Å². The van der Waals surface area contributed by atoms with Crippen LogP contribution in [-0.2, 0) is 0 Å². The molecule has 0 saturated carbocycles. The van der Waals surface area contributed by atoms with Gasteiger partial charge < -0.3 is 4.90 Å². The first-order chi connectivity index (χ1) is 4.68. The Hall–Kier alpha value is 0.177. The fourth-order valence-corrected chi connectivity index (χ4v) is 0.474. The summed E-state index contributed by atoms with van der Waals surface area (Å²) in [6.45, 7) is 7.97. The van der Waals surface area contributed by atoms with E-state index in [4.69, 9.17) is 0 Å². The molecule has 0 aromatic heterocycles. The van der Waals surface area contributed by atoms with E-state index in [0.717, 1.165) is 0 Å². The summed E-state index contributed by atoms with van der Waals surface area (Å²) >= 11 is 0. The van der Waals surface area contributed by atoms with Crippen molar-refractivity contribution in [2.45, 2.75) is 32.9 Å². The third kappa shape index (κ3) is 24.1. The van der Waals surface area contributed by atoms with E-state index in [2.05, 4.69) is 39.0 Å². The molecule has 0 bridgehead atoms. The van der Waals surface area contributed by atoms with E-state index < -0.39 is 0 Å². The second kappa shape index (κ2) is 11.9. The lowest BCUT2D eigenvalue weighted by Crippen LogP contribution is -2.12. The van der Waals surface area contributed by atoms with E-state index in [-0.39, 0.29) is 0 Å². The lowest BCUT2D eigenvalue weighted by molar-refractivity contribution is 0.398. The Morgan fingerprint density at radius 1 is 1.20 bits per heavy atom. The quantitative estimate of drug-likeness (QED) is 0.568. The molecule has 0 fully saturated rings. The molecule has 0 saturated heterocycles. The lowest BCUT2D eigenvalue weighted by atomic mass is 10.3. The minimum atomic E-state index is 0.417. The van der Waals surface area contributed by atoms with Crippen LogP contribution in [0.25, 0.3) is 0 Å². The van der Waals surface area contributed by atoms with Gasteiger partial charge in [-0.1, -0.05) is 26.4 Å². The average Bonchev–Trinajstić information content (AvgIpc) is 1.85. The first kappa shape index (κ1) is 12.8. The molecule has 0 aliphatic carbocycles. The number of rotatable bonds is 3. The van der Waals surface area contributed by atoms with Gasteiger partial charge in [0.1, 0.15) is 0 Å². The predicted molar refractivity (Wildman–Crippen MR) is 53.7 cm³/mol. The van der Waals surface area contributed by atoms with Crippen LogP contribution in [0.4, 0.5) is 0 Å². The van der Waals surface area contributed by atoms with Gasteiger partial charge in [-0.2, -0.15) is 0 Å². The van der Waals surface area contributed by atoms with Crippen molar-refractivity contribution in [1.29, 1.82) is 0 Å².